The molecule has 0 radical (unpaired) electrons. The largest absolute Gasteiger partial charge is 0.356 e. The van der Waals surface area contributed by atoms with Crippen LogP contribution in [0, 0.1) is 11.3 Å². The Morgan fingerprint density at radius 2 is 2.00 bits per heavy atom. The average molecular weight is 279 g/mol. The lowest BCUT2D eigenvalue weighted by molar-refractivity contribution is 0.573. The Balaban J connectivity index is 2.08. The van der Waals surface area contributed by atoms with E-state index in [4.69, 9.17) is 10.2 Å². The Kier molecular flexibility index (Phi) is 4.06. The first-order chi connectivity index (χ1) is 10.3. The molecular weight excluding hydrogens is 258 g/mol. The maximum atomic E-state index is 9.12. The van der Waals surface area contributed by atoms with E-state index in [1.807, 2.05) is 0 Å². The highest BCUT2D eigenvalue weighted by atomic mass is 15.2. The Labute approximate surface area is 126 Å². The summed E-state index contributed by atoms with van der Waals surface area (Å²) in [7, 11) is 0. The Morgan fingerprint density at radius 1 is 1.19 bits per heavy atom. The molecule has 3 rings (SSSR count). The summed E-state index contributed by atoms with van der Waals surface area (Å²) in [4.78, 5) is 7.22. The number of hydrogen-bond acceptors (Lipinski definition) is 3. The van der Waals surface area contributed by atoms with E-state index in [-0.39, 0.29) is 0 Å². The van der Waals surface area contributed by atoms with Gasteiger partial charge >= 0.3 is 0 Å². The highest BCUT2D eigenvalue weighted by Gasteiger charge is 2.17. The van der Waals surface area contributed by atoms with Gasteiger partial charge in [-0.05, 0) is 49.4 Å². The molecule has 1 aromatic carbocycles. The Morgan fingerprint density at radius 3 is 2.71 bits per heavy atom. The molecule has 0 amide bonds. The second-order valence-corrected chi connectivity index (χ2v) is 5.73. The summed E-state index contributed by atoms with van der Waals surface area (Å²) in [6.07, 6.45) is 5.21. The third kappa shape index (κ3) is 2.85. The highest BCUT2D eigenvalue weighted by Crippen LogP contribution is 2.27. The number of benzene rings is 1. The first kappa shape index (κ1) is 13.9. The van der Waals surface area contributed by atoms with Crippen LogP contribution in [0.4, 0.5) is 5.82 Å². The summed E-state index contributed by atoms with van der Waals surface area (Å²) >= 11 is 0. The van der Waals surface area contributed by atoms with Gasteiger partial charge in [-0.1, -0.05) is 13.0 Å². The van der Waals surface area contributed by atoms with E-state index >= 15 is 0 Å². The standard InChI is InChI=1S/C18H21N3/c1-2-14-6-7-17-16(12-14)13-15(8-9-19)18(20-17)21-10-4-3-5-11-21/h6-7,12-13H,2-5,8,10-11H2,1H3. The average Bonchev–Trinajstić information content (AvgIpc) is 2.55. The maximum Gasteiger partial charge on any atom is 0.133 e. The van der Waals surface area contributed by atoms with Crippen molar-refractivity contribution in [1.29, 1.82) is 5.26 Å². The molecule has 0 spiro atoms. The summed E-state index contributed by atoms with van der Waals surface area (Å²) in [5.74, 6) is 1.02. The summed E-state index contributed by atoms with van der Waals surface area (Å²) in [5, 5.41) is 10.3. The number of hydrogen-bond donors (Lipinski definition) is 0. The molecular formula is C18H21N3. The van der Waals surface area contributed by atoms with E-state index in [9.17, 15) is 0 Å². The van der Waals surface area contributed by atoms with Crippen molar-refractivity contribution in [3.05, 3.63) is 35.4 Å². The number of pyridine rings is 1. The SMILES string of the molecule is CCc1ccc2nc(N3CCCCC3)c(CC#N)cc2c1. The van der Waals surface area contributed by atoms with Crippen LogP contribution in [0.3, 0.4) is 0 Å². The van der Waals surface area contributed by atoms with E-state index < -0.39 is 0 Å². The topological polar surface area (TPSA) is 39.9 Å². The fourth-order valence-corrected chi connectivity index (χ4v) is 3.07. The van der Waals surface area contributed by atoms with E-state index in [0.717, 1.165) is 41.8 Å². The highest BCUT2D eigenvalue weighted by molar-refractivity contribution is 5.82. The van der Waals surface area contributed by atoms with Gasteiger partial charge in [0, 0.05) is 24.0 Å². The van der Waals surface area contributed by atoms with Gasteiger partial charge < -0.3 is 4.90 Å². The summed E-state index contributed by atoms with van der Waals surface area (Å²) < 4.78 is 0. The van der Waals surface area contributed by atoms with Gasteiger partial charge in [0.05, 0.1) is 18.0 Å². The molecule has 2 aromatic rings. The van der Waals surface area contributed by atoms with Crippen molar-refractivity contribution >= 4 is 16.7 Å². The predicted molar refractivity (Wildman–Crippen MR) is 86.5 cm³/mol. The maximum absolute atomic E-state index is 9.12. The van der Waals surface area contributed by atoms with E-state index in [0.29, 0.717) is 6.42 Å². The molecule has 1 aliphatic rings. The molecule has 2 heterocycles. The fourth-order valence-electron chi connectivity index (χ4n) is 3.07. The number of nitrogens with zero attached hydrogens (tertiary/aromatic N) is 3. The predicted octanol–water partition coefficient (Wildman–Crippen LogP) is 3.85. The van der Waals surface area contributed by atoms with E-state index in [2.05, 4.69) is 42.2 Å². The van der Waals surface area contributed by atoms with Crippen molar-refractivity contribution in [2.45, 2.75) is 39.0 Å². The van der Waals surface area contributed by atoms with Crippen LogP contribution < -0.4 is 4.90 Å². The van der Waals surface area contributed by atoms with Gasteiger partial charge in [-0.15, -0.1) is 0 Å². The van der Waals surface area contributed by atoms with Crippen LogP contribution in [0.15, 0.2) is 24.3 Å². The number of fused-ring (bicyclic) bond motifs is 1. The lowest BCUT2D eigenvalue weighted by Gasteiger charge is -2.29. The lowest BCUT2D eigenvalue weighted by Crippen LogP contribution is -2.31. The van der Waals surface area contributed by atoms with Crippen LogP contribution >= 0.6 is 0 Å². The monoisotopic (exact) mass is 279 g/mol. The van der Waals surface area contributed by atoms with E-state index in [1.165, 1.54) is 24.8 Å². The number of anilines is 1. The normalized spacial score (nSPS) is 15.1. The zero-order chi connectivity index (χ0) is 14.7. The molecule has 3 heteroatoms. The third-order valence-corrected chi connectivity index (χ3v) is 4.27. The van der Waals surface area contributed by atoms with Gasteiger partial charge in [0.1, 0.15) is 5.82 Å². The first-order valence-electron chi connectivity index (χ1n) is 7.86. The number of aryl methyl sites for hydroxylation is 1. The molecule has 1 fully saturated rings. The number of aromatic nitrogens is 1. The fraction of sp³-hybridized carbons (Fsp3) is 0.444. The molecule has 0 aliphatic carbocycles. The van der Waals surface area contributed by atoms with Crippen LogP contribution in [-0.4, -0.2) is 18.1 Å². The molecule has 0 atom stereocenters. The van der Waals surface area contributed by atoms with Gasteiger partial charge in [-0.25, -0.2) is 4.98 Å². The minimum Gasteiger partial charge on any atom is -0.356 e. The summed E-state index contributed by atoms with van der Waals surface area (Å²) in [5.41, 5.74) is 3.42. The van der Waals surface area contributed by atoms with Crippen LogP contribution in [0.25, 0.3) is 10.9 Å². The molecule has 0 N–H and O–H groups in total. The number of nitriles is 1. The summed E-state index contributed by atoms with van der Waals surface area (Å²) in [6.45, 7) is 4.28. The van der Waals surface area contributed by atoms with Gasteiger partial charge in [-0.2, -0.15) is 5.26 Å². The van der Waals surface area contributed by atoms with Crippen molar-refractivity contribution < 1.29 is 0 Å². The van der Waals surface area contributed by atoms with Crippen LogP contribution in [0.2, 0.25) is 0 Å². The lowest BCUT2D eigenvalue weighted by atomic mass is 10.0. The minimum atomic E-state index is 0.436. The number of piperidine rings is 1. The van der Waals surface area contributed by atoms with Crippen LogP contribution in [-0.2, 0) is 12.8 Å². The molecule has 3 nitrogen and oxygen atoms in total. The molecule has 0 saturated carbocycles. The van der Waals surface area contributed by atoms with Gasteiger partial charge in [-0.3, -0.25) is 0 Å². The molecule has 108 valence electrons. The second-order valence-electron chi connectivity index (χ2n) is 5.73. The van der Waals surface area contributed by atoms with Gasteiger partial charge in [0.15, 0.2) is 0 Å². The molecule has 1 aliphatic heterocycles. The van der Waals surface area contributed by atoms with Crippen molar-refractivity contribution in [3.8, 4) is 6.07 Å². The summed E-state index contributed by atoms with van der Waals surface area (Å²) in [6, 6.07) is 10.9. The Bertz CT molecular complexity index is 679. The van der Waals surface area contributed by atoms with Gasteiger partial charge in [0.25, 0.3) is 0 Å². The second kappa shape index (κ2) is 6.13. The van der Waals surface area contributed by atoms with Crippen molar-refractivity contribution in [2.75, 3.05) is 18.0 Å². The van der Waals surface area contributed by atoms with Crippen LogP contribution in [0.5, 0.6) is 0 Å². The zero-order valence-electron chi connectivity index (χ0n) is 12.6. The van der Waals surface area contributed by atoms with Crippen LogP contribution in [0.1, 0.15) is 37.3 Å². The smallest absolute Gasteiger partial charge is 0.133 e. The molecule has 1 saturated heterocycles. The molecule has 1 aromatic heterocycles. The molecule has 0 unspecified atom stereocenters. The first-order valence-corrected chi connectivity index (χ1v) is 7.86. The number of rotatable bonds is 3. The van der Waals surface area contributed by atoms with Gasteiger partial charge in [0.2, 0.25) is 0 Å². The van der Waals surface area contributed by atoms with Crippen molar-refractivity contribution in [1.82, 2.24) is 4.98 Å². The molecule has 0 bridgehead atoms. The third-order valence-electron chi connectivity index (χ3n) is 4.27. The minimum absolute atomic E-state index is 0.436. The van der Waals surface area contributed by atoms with Crippen molar-refractivity contribution in [3.63, 3.8) is 0 Å². The zero-order valence-corrected chi connectivity index (χ0v) is 12.6. The molecule has 21 heavy (non-hydrogen) atoms. The van der Waals surface area contributed by atoms with E-state index in [1.54, 1.807) is 0 Å². The Hall–Kier alpha value is -2.08. The van der Waals surface area contributed by atoms with Crippen molar-refractivity contribution in [2.24, 2.45) is 0 Å². The quantitative estimate of drug-likeness (QED) is 0.856.